The Balaban J connectivity index is 2.54. The van der Waals surface area contributed by atoms with Gasteiger partial charge in [0.2, 0.25) is 0 Å². The van der Waals surface area contributed by atoms with E-state index in [4.69, 9.17) is 9.47 Å². The highest BCUT2D eigenvalue weighted by Gasteiger charge is 2.12. The molecule has 20 heavy (non-hydrogen) atoms. The Labute approximate surface area is 131 Å². The molecule has 2 rings (SSSR count). The fourth-order valence-corrected chi connectivity index (χ4v) is 2.34. The van der Waals surface area contributed by atoms with E-state index in [0.717, 1.165) is 20.6 Å². The molecule has 1 heterocycles. The van der Waals surface area contributed by atoms with E-state index < -0.39 is 0 Å². The van der Waals surface area contributed by atoms with Crippen molar-refractivity contribution in [3.63, 3.8) is 0 Å². The van der Waals surface area contributed by atoms with Gasteiger partial charge in [0.05, 0.1) is 23.5 Å². The Bertz CT molecular complexity index is 632. The number of anilines is 1. The molecule has 0 aliphatic heterocycles. The zero-order chi connectivity index (χ0) is 14.7. The zero-order valence-corrected chi connectivity index (χ0v) is 14.0. The third kappa shape index (κ3) is 2.79. The quantitative estimate of drug-likeness (QED) is 0.820. The summed E-state index contributed by atoms with van der Waals surface area (Å²) in [5.41, 5.74) is 1.83. The fourth-order valence-electron chi connectivity index (χ4n) is 1.83. The largest absolute Gasteiger partial charge is 0.493 e. The van der Waals surface area contributed by atoms with Crippen molar-refractivity contribution in [1.29, 1.82) is 0 Å². The molecule has 0 radical (unpaired) electrons. The molecule has 0 fully saturated rings. The Morgan fingerprint density at radius 1 is 1.10 bits per heavy atom. The predicted molar refractivity (Wildman–Crippen MR) is 87.6 cm³/mol. The van der Waals surface area contributed by atoms with Crippen LogP contribution in [0.2, 0.25) is 0 Å². The highest BCUT2D eigenvalue weighted by Crippen LogP contribution is 2.32. The Morgan fingerprint density at radius 3 is 2.40 bits per heavy atom. The van der Waals surface area contributed by atoms with E-state index in [0.29, 0.717) is 17.3 Å². The lowest BCUT2D eigenvalue weighted by Crippen LogP contribution is -2.03. The highest BCUT2D eigenvalue weighted by molar-refractivity contribution is 14.1. The molecule has 1 aromatic carbocycles. The van der Waals surface area contributed by atoms with E-state index in [9.17, 15) is 0 Å². The Morgan fingerprint density at radius 2 is 1.80 bits per heavy atom. The van der Waals surface area contributed by atoms with E-state index in [-0.39, 0.29) is 0 Å². The average Bonchev–Trinajstić information content (AvgIpc) is 2.49. The van der Waals surface area contributed by atoms with Crippen LogP contribution in [0.4, 0.5) is 5.82 Å². The number of aromatic nitrogens is 2. The van der Waals surface area contributed by atoms with Crippen LogP contribution >= 0.6 is 22.6 Å². The van der Waals surface area contributed by atoms with Crippen LogP contribution in [0, 0.1) is 10.5 Å². The molecule has 0 aliphatic carbocycles. The van der Waals surface area contributed by atoms with Crippen molar-refractivity contribution < 1.29 is 9.47 Å². The van der Waals surface area contributed by atoms with Crippen LogP contribution in [0.1, 0.15) is 5.69 Å². The van der Waals surface area contributed by atoms with Crippen LogP contribution in [0.5, 0.6) is 11.5 Å². The number of hydrogen-bond donors (Lipinski definition) is 1. The van der Waals surface area contributed by atoms with Crippen molar-refractivity contribution in [2.24, 2.45) is 0 Å². The van der Waals surface area contributed by atoms with Gasteiger partial charge in [0.15, 0.2) is 17.3 Å². The molecule has 0 amide bonds. The molecule has 106 valence electrons. The number of ether oxygens (including phenoxy) is 2. The van der Waals surface area contributed by atoms with Crippen LogP contribution in [0.3, 0.4) is 0 Å². The summed E-state index contributed by atoms with van der Waals surface area (Å²) in [5.74, 6) is 2.83. The molecule has 0 aliphatic rings. The molecule has 0 saturated carbocycles. The normalized spacial score (nSPS) is 10.2. The van der Waals surface area contributed by atoms with Gasteiger partial charge in [0.1, 0.15) is 5.82 Å². The number of halogens is 1. The van der Waals surface area contributed by atoms with Gasteiger partial charge in [-0.05, 0) is 47.7 Å². The van der Waals surface area contributed by atoms with E-state index in [1.165, 1.54) is 0 Å². The summed E-state index contributed by atoms with van der Waals surface area (Å²) in [7, 11) is 5.07. The topological polar surface area (TPSA) is 56.3 Å². The molecular weight excluding hydrogens is 369 g/mol. The standard InChI is InChI=1S/C14H16IN3O2/c1-8-12(15)14(16-2)18-13(17-8)9-5-6-10(19-3)11(7-9)20-4/h5-7H,1-4H3,(H,16,17,18). The summed E-state index contributed by atoms with van der Waals surface area (Å²) in [6, 6.07) is 5.65. The maximum atomic E-state index is 5.31. The van der Waals surface area contributed by atoms with Crippen LogP contribution in [-0.4, -0.2) is 31.2 Å². The van der Waals surface area contributed by atoms with Crippen molar-refractivity contribution in [3.8, 4) is 22.9 Å². The van der Waals surface area contributed by atoms with Crippen molar-refractivity contribution in [2.75, 3.05) is 26.6 Å². The summed E-state index contributed by atoms with van der Waals surface area (Å²) >= 11 is 2.23. The second-order valence-electron chi connectivity index (χ2n) is 4.11. The van der Waals surface area contributed by atoms with Crippen molar-refractivity contribution in [2.45, 2.75) is 6.92 Å². The molecule has 1 N–H and O–H groups in total. The zero-order valence-electron chi connectivity index (χ0n) is 11.8. The highest BCUT2D eigenvalue weighted by atomic mass is 127. The van der Waals surface area contributed by atoms with Gasteiger partial charge >= 0.3 is 0 Å². The predicted octanol–water partition coefficient (Wildman–Crippen LogP) is 3.12. The first-order chi connectivity index (χ1) is 9.60. The van der Waals surface area contributed by atoms with Crippen LogP contribution in [0.25, 0.3) is 11.4 Å². The van der Waals surface area contributed by atoms with Gasteiger partial charge < -0.3 is 14.8 Å². The molecule has 5 nitrogen and oxygen atoms in total. The molecular formula is C14H16IN3O2. The van der Waals surface area contributed by atoms with Crippen LogP contribution in [0.15, 0.2) is 18.2 Å². The average molecular weight is 385 g/mol. The van der Waals surface area contributed by atoms with Crippen molar-refractivity contribution in [1.82, 2.24) is 9.97 Å². The first kappa shape index (κ1) is 14.8. The van der Waals surface area contributed by atoms with Gasteiger partial charge in [-0.15, -0.1) is 0 Å². The fraction of sp³-hybridized carbons (Fsp3) is 0.286. The third-order valence-corrected chi connectivity index (χ3v) is 4.19. The summed E-state index contributed by atoms with van der Waals surface area (Å²) in [6.45, 7) is 1.97. The monoisotopic (exact) mass is 385 g/mol. The third-order valence-electron chi connectivity index (χ3n) is 2.90. The maximum Gasteiger partial charge on any atom is 0.161 e. The summed E-state index contributed by atoms with van der Waals surface area (Å²) in [5, 5.41) is 3.08. The van der Waals surface area contributed by atoms with Gasteiger partial charge in [-0.1, -0.05) is 0 Å². The van der Waals surface area contributed by atoms with Crippen LogP contribution in [-0.2, 0) is 0 Å². The first-order valence-electron chi connectivity index (χ1n) is 6.05. The second kappa shape index (κ2) is 6.25. The Hall–Kier alpha value is -1.57. The summed E-state index contributed by atoms with van der Waals surface area (Å²) in [6.07, 6.45) is 0. The molecule has 0 spiro atoms. The lowest BCUT2D eigenvalue weighted by atomic mass is 10.2. The first-order valence-corrected chi connectivity index (χ1v) is 7.12. The second-order valence-corrected chi connectivity index (χ2v) is 5.19. The van der Waals surface area contributed by atoms with E-state index in [2.05, 4.69) is 37.9 Å². The number of hydrogen-bond acceptors (Lipinski definition) is 5. The maximum absolute atomic E-state index is 5.31. The Kier molecular flexibility index (Phi) is 4.64. The minimum Gasteiger partial charge on any atom is -0.493 e. The lowest BCUT2D eigenvalue weighted by molar-refractivity contribution is 0.355. The van der Waals surface area contributed by atoms with Crippen molar-refractivity contribution >= 4 is 28.4 Å². The number of methoxy groups -OCH3 is 2. The number of rotatable bonds is 4. The van der Waals surface area contributed by atoms with Gasteiger partial charge in [-0.3, -0.25) is 0 Å². The SMILES string of the molecule is CNc1nc(-c2ccc(OC)c(OC)c2)nc(C)c1I. The molecule has 6 heteroatoms. The van der Waals surface area contributed by atoms with Crippen LogP contribution < -0.4 is 14.8 Å². The lowest BCUT2D eigenvalue weighted by Gasteiger charge is -2.11. The molecule has 2 aromatic rings. The minimum absolute atomic E-state index is 0.660. The molecule has 1 aromatic heterocycles. The molecule has 0 bridgehead atoms. The van der Waals surface area contributed by atoms with Gasteiger partial charge in [-0.25, -0.2) is 9.97 Å². The van der Waals surface area contributed by atoms with Gasteiger partial charge in [0.25, 0.3) is 0 Å². The van der Waals surface area contributed by atoms with Gasteiger partial charge in [-0.2, -0.15) is 0 Å². The van der Waals surface area contributed by atoms with E-state index in [1.54, 1.807) is 14.2 Å². The number of nitrogens with one attached hydrogen (secondary N) is 1. The smallest absolute Gasteiger partial charge is 0.161 e. The number of nitrogens with zero attached hydrogens (tertiary/aromatic N) is 2. The summed E-state index contributed by atoms with van der Waals surface area (Å²) in [4.78, 5) is 9.05. The molecule has 0 saturated heterocycles. The minimum atomic E-state index is 0.660. The summed E-state index contributed by atoms with van der Waals surface area (Å²) < 4.78 is 11.6. The van der Waals surface area contributed by atoms with E-state index in [1.807, 2.05) is 32.2 Å². The number of benzene rings is 1. The van der Waals surface area contributed by atoms with Crippen molar-refractivity contribution in [3.05, 3.63) is 27.5 Å². The van der Waals surface area contributed by atoms with Gasteiger partial charge in [0, 0.05) is 12.6 Å². The number of aryl methyl sites for hydroxylation is 1. The molecule has 0 atom stereocenters. The molecule has 0 unspecified atom stereocenters. The van der Waals surface area contributed by atoms with E-state index >= 15 is 0 Å².